The van der Waals surface area contributed by atoms with E-state index in [-0.39, 0.29) is 12.3 Å². The van der Waals surface area contributed by atoms with Crippen molar-refractivity contribution in [2.45, 2.75) is 13.5 Å². The van der Waals surface area contributed by atoms with Crippen LogP contribution < -0.4 is 5.32 Å². The molecule has 0 amide bonds. The Labute approximate surface area is 159 Å². The number of aromatic nitrogens is 3. The summed E-state index contributed by atoms with van der Waals surface area (Å²) >= 11 is 0. The molecule has 3 aromatic rings. The Morgan fingerprint density at radius 2 is 1.96 bits per heavy atom. The average Bonchev–Trinajstić information content (AvgIpc) is 3.01. The maximum atomic E-state index is 12.9. The maximum Gasteiger partial charge on any atom is 0.181 e. The molecule has 0 saturated heterocycles. The first-order valence-electron chi connectivity index (χ1n) is 8.51. The van der Waals surface area contributed by atoms with Crippen LogP contribution in [0.15, 0.2) is 42.6 Å². The zero-order valence-corrected chi connectivity index (χ0v) is 15.8. The average molecular weight is 381 g/mol. The van der Waals surface area contributed by atoms with Crippen LogP contribution in [0.4, 0.5) is 11.4 Å². The highest BCUT2D eigenvalue weighted by atomic mass is 32.2. The number of ketones is 1. The fraction of sp³-hybridized carbons (Fsp3) is 0.211. The number of carbonyl (C=O) groups excluding carboxylic acids is 1. The fourth-order valence-corrected chi connectivity index (χ4v) is 3.82. The Balaban J connectivity index is 1.86. The van der Waals surface area contributed by atoms with E-state index in [2.05, 4.69) is 20.3 Å². The third kappa shape index (κ3) is 3.41. The van der Waals surface area contributed by atoms with Crippen molar-refractivity contribution in [3.05, 3.63) is 59.7 Å². The standard InChI is InChI=1S/C19H19N5O2S/c1-12-20-9-8-14(21-12)18-19(22-13-6-4-3-5-7-13)17-15(23-18)10-24(27(2)26)11-16(17)25/h3-9,22-23H,10-11H2,1-2H3. The van der Waals surface area contributed by atoms with Gasteiger partial charge < -0.3 is 10.3 Å². The molecule has 1 aliphatic rings. The van der Waals surface area contributed by atoms with E-state index in [0.29, 0.717) is 29.3 Å². The molecule has 0 aliphatic carbocycles. The van der Waals surface area contributed by atoms with E-state index in [4.69, 9.17) is 0 Å². The molecule has 2 N–H and O–H groups in total. The van der Waals surface area contributed by atoms with Gasteiger partial charge in [-0.2, -0.15) is 0 Å². The number of benzene rings is 1. The lowest BCUT2D eigenvalue weighted by molar-refractivity contribution is 0.0953. The number of para-hydroxylation sites is 1. The number of aryl methyl sites for hydroxylation is 1. The first-order valence-corrected chi connectivity index (χ1v) is 10.0. The van der Waals surface area contributed by atoms with Gasteiger partial charge in [-0.3, -0.25) is 4.79 Å². The van der Waals surface area contributed by atoms with Crippen LogP contribution in [-0.4, -0.2) is 42.0 Å². The number of hydrogen-bond donors (Lipinski definition) is 2. The number of carbonyl (C=O) groups is 1. The molecule has 138 valence electrons. The van der Waals surface area contributed by atoms with Gasteiger partial charge >= 0.3 is 0 Å². The minimum absolute atomic E-state index is 0.0711. The van der Waals surface area contributed by atoms with Crippen molar-refractivity contribution in [1.82, 2.24) is 19.3 Å². The summed E-state index contributed by atoms with van der Waals surface area (Å²) in [4.78, 5) is 24.8. The highest BCUT2D eigenvalue weighted by Gasteiger charge is 2.32. The van der Waals surface area contributed by atoms with E-state index in [9.17, 15) is 9.00 Å². The van der Waals surface area contributed by atoms with Crippen molar-refractivity contribution in [2.24, 2.45) is 0 Å². The molecule has 1 aliphatic heterocycles. The van der Waals surface area contributed by atoms with E-state index in [1.807, 2.05) is 37.3 Å². The monoisotopic (exact) mass is 381 g/mol. The largest absolute Gasteiger partial charge is 0.354 e. The number of hydrogen-bond acceptors (Lipinski definition) is 5. The molecule has 0 radical (unpaired) electrons. The first kappa shape index (κ1) is 17.6. The number of rotatable bonds is 4. The summed E-state index contributed by atoms with van der Waals surface area (Å²) in [5.74, 6) is 0.575. The second-order valence-electron chi connectivity index (χ2n) is 6.35. The maximum absolute atomic E-state index is 12.9. The van der Waals surface area contributed by atoms with E-state index >= 15 is 0 Å². The van der Waals surface area contributed by atoms with E-state index in [0.717, 1.165) is 17.1 Å². The van der Waals surface area contributed by atoms with Crippen LogP contribution in [-0.2, 0) is 17.5 Å². The molecular weight excluding hydrogens is 362 g/mol. The molecule has 1 aromatic carbocycles. The molecule has 8 heteroatoms. The van der Waals surface area contributed by atoms with Crippen molar-refractivity contribution in [2.75, 3.05) is 18.1 Å². The summed E-state index contributed by atoms with van der Waals surface area (Å²) in [6.07, 6.45) is 3.28. The summed E-state index contributed by atoms with van der Waals surface area (Å²) in [6.45, 7) is 2.36. The highest BCUT2D eigenvalue weighted by molar-refractivity contribution is 7.81. The summed E-state index contributed by atoms with van der Waals surface area (Å²) in [7, 11) is -1.22. The van der Waals surface area contributed by atoms with Crippen molar-refractivity contribution >= 4 is 28.1 Å². The quantitative estimate of drug-likeness (QED) is 0.725. The van der Waals surface area contributed by atoms with Crippen LogP contribution in [0, 0.1) is 6.92 Å². The molecule has 7 nitrogen and oxygen atoms in total. The van der Waals surface area contributed by atoms with Gasteiger partial charge in [0.2, 0.25) is 0 Å². The zero-order valence-electron chi connectivity index (χ0n) is 15.0. The molecule has 0 bridgehead atoms. The molecule has 0 saturated carbocycles. The Hall–Kier alpha value is -2.84. The van der Waals surface area contributed by atoms with Gasteiger partial charge in [0.1, 0.15) is 5.82 Å². The van der Waals surface area contributed by atoms with Crippen LogP contribution in [0.25, 0.3) is 11.4 Å². The molecule has 1 atom stereocenters. The van der Waals surface area contributed by atoms with Crippen molar-refractivity contribution in [3.8, 4) is 11.4 Å². The molecule has 3 heterocycles. The second-order valence-corrected chi connectivity index (χ2v) is 7.72. The Kier molecular flexibility index (Phi) is 4.59. The van der Waals surface area contributed by atoms with Gasteiger partial charge in [0.05, 0.1) is 46.7 Å². The highest BCUT2D eigenvalue weighted by Crippen LogP contribution is 2.37. The molecule has 2 aromatic heterocycles. The van der Waals surface area contributed by atoms with E-state index < -0.39 is 11.0 Å². The van der Waals surface area contributed by atoms with Crippen LogP contribution >= 0.6 is 0 Å². The minimum atomic E-state index is -1.22. The number of H-pyrrole nitrogens is 1. The molecule has 0 spiro atoms. The number of fused-ring (bicyclic) bond motifs is 1. The van der Waals surface area contributed by atoms with Gasteiger partial charge in [-0.1, -0.05) is 18.2 Å². The number of nitrogens with zero attached hydrogens (tertiary/aromatic N) is 3. The molecular formula is C19H19N5O2S. The lowest BCUT2D eigenvalue weighted by Gasteiger charge is -2.23. The Morgan fingerprint density at radius 3 is 2.67 bits per heavy atom. The third-order valence-electron chi connectivity index (χ3n) is 4.45. The number of anilines is 2. The van der Waals surface area contributed by atoms with Crippen molar-refractivity contribution in [3.63, 3.8) is 0 Å². The normalized spacial score (nSPS) is 15.4. The SMILES string of the molecule is Cc1nccc(-c2[nH]c3c(c2Nc2ccccc2)C(=O)CN(S(C)=O)C3)n1. The van der Waals surface area contributed by atoms with Gasteiger partial charge in [-0.05, 0) is 25.1 Å². The van der Waals surface area contributed by atoms with Gasteiger partial charge in [0, 0.05) is 23.8 Å². The van der Waals surface area contributed by atoms with E-state index in [1.54, 1.807) is 22.8 Å². The summed E-state index contributed by atoms with van der Waals surface area (Å²) in [5, 5.41) is 3.37. The molecule has 1 unspecified atom stereocenters. The van der Waals surface area contributed by atoms with Crippen molar-refractivity contribution < 1.29 is 9.00 Å². The lowest BCUT2D eigenvalue weighted by atomic mass is 10.0. The second kappa shape index (κ2) is 7.05. The first-order chi connectivity index (χ1) is 13.0. The topological polar surface area (TPSA) is 91.0 Å². The molecule has 4 rings (SSSR count). The Morgan fingerprint density at radius 1 is 1.19 bits per heavy atom. The van der Waals surface area contributed by atoms with E-state index in [1.165, 1.54) is 0 Å². The predicted molar refractivity (Wildman–Crippen MR) is 105 cm³/mol. The zero-order chi connectivity index (χ0) is 19.0. The number of Topliss-reactive ketones (excluding diaryl/α,β-unsaturated/α-hetero) is 1. The van der Waals surface area contributed by atoms with Gasteiger partial charge in [0.15, 0.2) is 5.78 Å². The lowest BCUT2D eigenvalue weighted by Crippen LogP contribution is -2.35. The van der Waals surface area contributed by atoms with Crippen LogP contribution in [0.1, 0.15) is 21.9 Å². The van der Waals surface area contributed by atoms with Gasteiger partial charge in [0.25, 0.3) is 0 Å². The van der Waals surface area contributed by atoms with Crippen LogP contribution in [0.2, 0.25) is 0 Å². The Bertz CT molecular complexity index is 1030. The van der Waals surface area contributed by atoms with Gasteiger partial charge in [-0.25, -0.2) is 18.5 Å². The van der Waals surface area contributed by atoms with Crippen LogP contribution in [0.5, 0.6) is 0 Å². The van der Waals surface area contributed by atoms with Gasteiger partial charge in [-0.15, -0.1) is 0 Å². The molecule has 27 heavy (non-hydrogen) atoms. The number of aromatic amines is 1. The smallest absolute Gasteiger partial charge is 0.181 e. The van der Waals surface area contributed by atoms with Crippen molar-refractivity contribution in [1.29, 1.82) is 0 Å². The third-order valence-corrected chi connectivity index (χ3v) is 5.44. The minimum Gasteiger partial charge on any atom is -0.354 e. The summed E-state index contributed by atoms with van der Waals surface area (Å²) in [6, 6.07) is 11.5. The van der Waals surface area contributed by atoms with Crippen LogP contribution in [0.3, 0.4) is 0 Å². The number of nitrogens with one attached hydrogen (secondary N) is 2. The summed E-state index contributed by atoms with van der Waals surface area (Å²) < 4.78 is 13.5. The molecule has 0 fully saturated rings. The summed E-state index contributed by atoms with van der Waals surface area (Å²) in [5.41, 5.74) is 4.35. The predicted octanol–water partition coefficient (Wildman–Crippen LogP) is 2.82. The fourth-order valence-electron chi connectivity index (χ4n) is 3.21.